The standard InChI is InChI=1S/C8H19NO2S/c1-3-4-5-6-7-8(2)12(9,10)11/h8H,3-7H2,1-2H3,(H2,9,10,11)/t8-/m0/s1. The number of unbranched alkanes of at least 4 members (excludes halogenated alkanes) is 3. The van der Waals surface area contributed by atoms with E-state index in [-0.39, 0.29) is 5.25 Å². The maximum atomic E-state index is 10.8. The Balaban J connectivity index is 3.52. The Kier molecular flexibility index (Phi) is 5.50. The summed E-state index contributed by atoms with van der Waals surface area (Å²) in [4.78, 5) is 0. The summed E-state index contributed by atoms with van der Waals surface area (Å²) in [5.74, 6) is 0. The second-order valence-corrected chi connectivity index (χ2v) is 5.23. The van der Waals surface area contributed by atoms with E-state index >= 15 is 0 Å². The predicted octanol–water partition coefficient (Wildman–Crippen LogP) is 1.63. The zero-order valence-corrected chi connectivity index (χ0v) is 8.73. The highest BCUT2D eigenvalue weighted by molar-refractivity contribution is 7.89. The molecule has 0 aromatic rings. The molecule has 12 heavy (non-hydrogen) atoms. The molecule has 2 N–H and O–H groups in total. The minimum atomic E-state index is -3.29. The second-order valence-electron chi connectivity index (χ2n) is 3.25. The topological polar surface area (TPSA) is 60.2 Å². The van der Waals surface area contributed by atoms with Gasteiger partial charge in [-0.05, 0) is 13.3 Å². The lowest BCUT2D eigenvalue weighted by molar-refractivity contribution is 0.564. The molecule has 3 nitrogen and oxygen atoms in total. The van der Waals surface area contributed by atoms with Crippen molar-refractivity contribution in [2.75, 3.05) is 0 Å². The molecule has 0 spiro atoms. The van der Waals surface area contributed by atoms with E-state index in [0.29, 0.717) is 6.42 Å². The van der Waals surface area contributed by atoms with Crippen molar-refractivity contribution in [1.82, 2.24) is 0 Å². The highest BCUT2D eigenvalue weighted by Gasteiger charge is 2.13. The van der Waals surface area contributed by atoms with E-state index in [1.807, 2.05) is 0 Å². The lowest BCUT2D eigenvalue weighted by atomic mass is 10.1. The molecule has 0 aliphatic rings. The van der Waals surface area contributed by atoms with Crippen molar-refractivity contribution in [2.45, 2.75) is 51.2 Å². The Morgan fingerprint density at radius 1 is 1.25 bits per heavy atom. The van der Waals surface area contributed by atoms with Gasteiger partial charge in [-0.2, -0.15) is 0 Å². The number of nitrogens with two attached hydrogens (primary N) is 1. The molecule has 0 radical (unpaired) electrons. The fraction of sp³-hybridized carbons (Fsp3) is 1.00. The Morgan fingerprint density at radius 3 is 2.25 bits per heavy atom. The van der Waals surface area contributed by atoms with Crippen LogP contribution in [0.3, 0.4) is 0 Å². The van der Waals surface area contributed by atoms with Crippen LogP contribution < -0.4 is 5.14 Å². The van der Waals surface area contributed by atoms with Crippen LogP contribution in [0.4, 0.5) is 0 Å². The van der Waals surface area contributed by atoms with E-state index in [4.69, 9.17) is 5.14 Å². The predicted molar refractivity (Wildman–Crippen MR) is 51.3 cm³/mol. The van der Waals surface area contributed by atoms with Gasteiger partial charge in [-0.15, -0.1) is 0 Å². The summed E-state index contributed by atoms with van der Waals surface area (Å²) in [5.41, 5.74) is 0. The Morgan fingerprint density at radius 2 is 1.83 bits per heavy atom. The van der Waals surface area contributed by atoms with Crippen molar-refractivity contribution in [1.29, 1.82) is 0 Å². The van der Waals surface area contributed by atoms with Gasteiger partial charge in [0.1, 0.15) is 0 Å². The summed E-state index contributed by atoms with van der Waals surface area (Å²) in [6, 6.07) is 0. The van der Waals surface area contributed by atoms with Gasteiger partial charge in [0.15, 0.2) is 0 Å². The van der Waals surface area contributed by atoms with Gasteiger partial charge in [-0.1, -0.05) is 32.6 Å². The third-order valence-corrected chi connectivity index (χ3v) is 3.38. The van der Waals surface area contributed by atoms with E-state index in [2.05, 4.69) is 6.92 Å². The largest absolute Gasteiger partial charge is 0.228 e. The molecule has 0 fully saturated rings. The maximum Gasteiger partial charge on any atom is 0.211 e. The average Bonchev–Trinajstić information content (AvgIpc) is 1.96. The van der Waals surface area contributed by atoms with E-state index < -0.39 is 10.0 Å². The molecule has 0 rings (SSSR count). The second kappa shape index (κ2) is 5.54. The van der Waals surface area contributed by atoms with Crippen molar-refractivity contribution in [3.8, 4) is 0 Å². The molecule has 74 valence electrons. The summed E-state index contributed by atoms with van der Waals surface area (Å²) < 4.78 is 21.5. The first-order chi connectivity index (χ1) is 5.48. The Labute approximate surface area is 75.4 Å². The smallest absolute Gasteiger partial charge is 0.211 e. The van der Waals surface area contributed by atoms with E-state index in [1.165, 1.54) is 12.8 Å². The lowest BCUT2D eigenvalue weighted by Crippen LogP contribution is -2.25. The number of sulfonamides is 1. The number of hydrogen-bond acceptors (Lipinski definition) is 2. The molecule has 0 bridgehead atoms. The van der Waals surface area contributed by atoms with Crippen LogP contribution in [0.25, 0.3) is 0 Å². The monoisotopic (exact) mass is 193 g/mol. The quantitative estimate of drug-likeness (QED) is 0.652. The fourth-order valence-corrected chi connectivity index (χ4v) is 1.52. The van der Waals surface area contributed by atoms with E-state index in [9.17, 15) is 8.42 Å². The van der Waals surface area contributed by atoms with Crippen LogP contribution in [-0.2, 0) is 10.0 Å². The molecular formula is C8H19NO2S. The summed E-state index contributed by atoms with van der Waals surface area (Å²) in [6.07, 6.45) is 5.11. The average molecular weight is 193 g/mol. The SMILES string of the molecule is CCCCCC[C@H](C)S(N)(=O)=O. The van der Waals surface area contributed by atoms with Gasteiger partial charge in [0.25, 0.3) is 0 Å². The first-order valence-electron chi connectivity index (χ1n) is 4.50. The van der Waals surface area contributed by atoms with Gasteiger partial charge in [0.05, 0.1) is 5.25 Å². The highest BCUT2D eigenvalue weighted by Crippen LogP contribution is 2.09. The van der Waals surface area contributed by atoms with Crippen LogP contribution in [-0.4, -0.2) is 13.7 Å². The van der Waals surface area contributed by atoms with Crippen molar-refractivity contribution < 1.29 is 8.42 Å². The van der Waals surface area contributed by atoms with Gasteiger partial charge in [0.2, 0.25) is 10.0 Å². The third kappa shape index (κ3) is 5.55. The molecule has 0 aliphatic carbocycles. The highest BCUT2D eigenvalue weighted by atomic mass is 32.2. The van der Waals surface area contributed by atoms with Crippen LogP contribution in [0.2, 0.25) is 0 Å². The van der Waals surface area contributed by atoms with Crippen LogP contribution in [0.15, 0.2) is 0 Å². The molecule has 0 unspecified atom stereocenters. The normalized spacial score (nSPS) is 14.6. The van der Waals surface area contributed by atoms with Crippen molar-refractivity contribution in [3.05, 3.63) is 0 Å². The lowest BCUT2D eigenvalue weighted by Gasteiger charge is -2.07. The summed E-state index contributed by atoms with van der Waals surface area (Å²) in [6.45, 7) is 3.80. The Bertz CT molecular complexity index is 199. The number of primary sulfonamides is 1. The zero-order chi connectivity index (χ0) is 9.61. The number of rotatable bonds is 6. The molecule has 1 atom stereocenters. The summed E-state index contributed by atoms with van der Waals surface area (Å²) in [5, 5.41) is 4.59. The zero-order valence-electron chi connectivity index (χ0n) is 7.91. The summed E-state index contributed by atoms with van der Waals surface area (Å²) in [7, 11) is -3.29. The van der Waals surface area contributed by atoms with Crippen LogP contribution in [0.1, 0.15) is 46.0 Å². The number of hydrogen-bond donors (Lipinski definition) is 1. The molecule has 0 heterocycles. The van der Waals surface area contributed by atoms with Crippen molar-refractivity contribution in [2.24, 2.45) is 5.14 Å². The minimum absolute atomic E-state index is 0.380. The van der Waals surface area contributed by atoms with E-state index in [0.717, 1.165) is 12.8 Å². The van der Waals surface area contributed by atoms with Gasteiger partial charge in [-0.25, -0.2) is 13.6 Å². The fourth-order valence-electron chi connectivity index (χ4n) is 1.02. The molecule has 0 aromatic carbocycles. The molecule has 0 saturated heterocycles. The molecule has 0 saturated carbocycles. The third-order valence-electron chi connectivity index (χ3n) is 2.03. The van der Waals surface area contributed by atoms with Crippen molar-refractivity contribution in [3.63, 3.8) is 0 Å². The van der Waals surface area contributed by atoms with Crippen LogP contribution >= 0.6 is 0 Å². The van der Waals surface area contributed by atoms with E-state index in [1.54, 1.807) is 6.92 Å². The molecular weight excluding hydrogens is 174 g/mol. The molecule has 0 amide bonds. The summed E-state index contributed by atoms with van der Waals surface area (Å²) >= 11 is 0. The molecule has 4 heteroatoms. The first kappa shape index (κ1) is 11.9. The minimum Gasteiger partial charge on any atom is -0.228 e. The van der Waals surface area contributed by atoms with Gasteiger partial charge in [-0.3, -0.25) is 0 Å². The first-order valence-corrected chi connectivity index (χ1v) is 6.11. The molecule has 0 aromatic heterocycles. The van der Waals surface area contributed by atoms with Crippen molar-refractivity contribution >= 4 is 10.0 Å². The van der Waals surface area contributed by atoms with Crippen LogP contribution in [0.5, 0.6) is 0 Å². The Hall–Kier alpha value is -0.0900. The van der Waals surface area contributed by atoms with Gasteiger partial charge in [0, 0.05) is 0 Å². The molecule has 0 aliphatic heterocycles. The van der Waals surface area contributed by atoms with Gasteiger partial charge >= 0.3 is 0 Å². The van der Waals surface area contributed by atoms with Gasteiger partial charge < -0.3 is 0 Å². The van der Waals surface area contributed by atoms with Crippen LogP contribution in [0, 0.1) is 0 Å². The maximum absolute atomic E-state index is 10.8.